The number of ether oxygens (including phenoxy) is 1. The Morgan fingerprint density at radius 3 is 2.25 bits per heavy atom. The Morgan fingerprint density at radius 1 is 1.25 bits per heavy atom. The standard InChI is InChI=1S/C13H18N2O5/c1-12(2)6-15(7-13(3,4)20-12)10(16)8-5-9(11(17)18)19-14-8/h5H,6-7H2,1-4H3,(H,17,18). The molecule has 1 aliphatic heterocycles. The van der Waals surface area contributed by atoms with Gasteiger partial charge in [0, 0.05) is 19.2 Å². The van der Waals surface area contributed by atoms with Gasteiger partial charge in [-0.1, -0.05) is 5.16 Å². The SMILES string of the molecule is CC1(C)CN(C(=O)c2cc(C(=O)O)on2)CC(C)(C)O1. The maximum absolute atomic E-state index is 12.4. The number of carboxylic acids is 1. The van der Waals surface area contributed by atoms with Crippen LogP contribution in [-0.4, -0.2) is 51.3 Å². The van der Waals surface area contributed by atoms with Gasteiger partial charge in [-0.05, 0) is 27.7 Å². The molecule has 1 saturated heterocycles. The molecule has 2 heterocycles. The van der Waals surface area contributed by atoms with Crippen molar-refractivity contribution in [2.24, 2.45) is 0 Å². The van der Waals surface area contributed by atoms with E-state index in [4.69, 9.17) is 9.84 Å². The fourth-order valence-electron chi connectivity index (χ4n) is 2.57. The predicted molar refractivity (Wildman–Crippen MR) is 68.6 cm³/mol. The van der Waals surface area contributed by atoms with Gasteiger partial charge in [-0.2, -0.15) is 0 Å². The Bertz CT molecular complexity index is 531. The summed E-state index contributed by atoms with van der Waals surface area (Å²) in [5, 5.41) is 12.3. The maximum Gasteiger partial charge on any atom is 0.374 e. The van der Waals surface area contributed by atoms with Crippen LogP contribution in [0.1, 0.15) is 48.7 Å². The molecule has 0 saturated carbocycles. The Morgan fingerprint density at radius 2 is 1.80 bits per heavy atom. The van der Waals surface area contributed by atoms with Crippen molar-refractivity contribution in [3.8, 4) is 0 Å². The van der Waals surface area contributed by atoms with Crippen LogP contribution in [0.5, 0.6) is 0 Å². The Kier molecular flexibility index (Phi) is 3.33. The number of carboxylic acid groups (broad SMARTS) is 1. The zero-order valence-corrected chi connectivity index (χ0v) is 12.0. The van der Waals surface area contributed by atoms with E-state index in [1.54, 1.807) is 4.90 Å². The molecule has 1 fully saturated rings. The summed E-state index contributed by atoms with van der Waals surface area (Å²) >= 11 is 0. The Balaban J connectivity index is 2.21. The number of carbonyl (C=O) groups excluding carboxylic acids is 1. The molecule has 1 aromatic rings. The fourth-order valence-corrected chi connectivity index (χ4v) is 2.57. The van der Waals surface area contributed by atoms with E-state index in [-0.39, 0.29) is 17.4 Å². The number of hydrogen-bond donors (Lipinski definition) is 1. The highest BCUT2D eigenvalue weighted by atomic mass is 16.5. The normalized spacial score (nSPS) is 20.7. The van der Waals surface area contributed by atoms with Crippen LogP contribution in [0.3, 0.4) is 0 Å². The second-order valence-electron chi connectivity index (χ2n) is 6.16. The maximum atomic E-state index is 12.4. The average molecular weight is 282 g/mol. The van der Waals surface area contributed by atoms with Gasteiger partial charge in [-0.3, -0.25) is 4.79 Å². The summed E-state index contributed by atoms with van der Waals surface area (Å²) in [7, 11) is 0. The minimum Gasteiger partial charge on any atom is -0.475 e. The van der Waals surface area contributed by atoms with E-state index < -0.39 is 17.2 Å². The Hall–Kier alpha value is -1.89. The topological polar surface area (TPSA) is 92.9 Å². The van der Waals surface area contributed by atoms with Crippen LogP contribution in [0.25, 0.3) is 0 Å². The van der Waals surface area contributed by atoms with Crippen molar-refractivity contribution in [3.63, 3.8) is 0 Å². The van der Waals surface area contributed by atoms with Crippen LogP contribution in [0.2, 0.25) is 0 Å². The van der Waals surface area contributed by atoms with Crippen molar-refractivity contribution in [3.05, 3.63) is 17.5 Å². The van der Waals surface area contributed by atoms with Gasteiger partial charge in [0.15, 0.2) is 5.69 Å². The van der Waals surface area contributed by atoms with Gasteiger partial charge in [0.25, 0.3) is 5.91 Å². The van der Waals surface area contributed by atoms with Gasteiger partial charge < -0.3 is 19.3 Å². The van der Waals surface area contributed by atoms with E-state index in [0.717, 1.165) is 6.07 Å². The number of nitrogens with zero attached hydrogens (tertiary/aromatic N) is 2. The van der Waals surface area contributed by atoms with Crippen LogP contribution in [0.4, 0.5) is 0 Å². The van der Waals surface area contributed by atoms with Crippen molar-refractivity contribution in [1.29, 1.82) is 0 Å². The Labute approximate surface area is 116 Å². The molecular formula is C13H18N2O5. The lowest BCUT2D eigenvalue weighted by molar-refractivity contribution is -0.171. The van der Waals surface area contributed by atoms with Crippen LogP contribution < -0.4 is 0 Å². The molecule has 2 rings (SSSR count). The number of hydrogen-bond acceptors (Lipinski definition) is 5. The first kappa shape index (κ1) is 14.5. The average Bonchev–Trinajstić information content (AvgIpc) is 2.72. The lowest BCUT2D eigenvalue weighted by atomic mass is 9.98. The zero-order chi connectivity index (χ0) is 15.1. The summed E-state index contributed by atoms with van der Waals surface area (Å²) in [6.45, 7) is 8.42. The number of aromatic nitrogens is 1. The fraction of sp³-hybridized carbons (Fsp3) is 0.615. The number of morpholine rings is 1. The molecule has 1 aliphatic rings. The molecule has 20 heavy (non-hydrogen) atoms. The summed E-state index contributed by atoms with van der Waals surface area (Å²) in [5.74, 6) is -1.95. The summed E-state index contributed by atoms with van der Waals surface area (Å²) < 4.78 is 10.5. The molecule has 1 N–H and O–H groups in total. The molecule has 0 spiro atoms. The van der Waals surface area contributed by atoms with Crippen LogP contribution in [0.15, 0.2) is 10.6 Å². The summed E-state index contributed by atoms with van der Waals surface area (Å²) in [6, 6.07) is 1.14. The van der Waals surface area contributed by atoms with Gasteiger partial charge >= 0.3 is 5.97 Å². The van der Waals surface area contributed by atoms with E-state index in [1.807, 2.05) is 27.7 Å². The van der Waals surface area contributed by atoms with E-state index in [1.165, 1.54) is 0 Å². The molecule has 0 radical (unpaired) electrons. The molecule has 1 amide bonds. The van der Waals surface area contributed by atoms with Crippen LogP contribution in [0, 0.1) is 0 Å². The van der Waals surface area contributed by atoms with Gasteiger partial charge in [-0.15, -0.1) is 0 Å². The minimum atomic E-state index is -1.25. The minimum absolute atomic E-state index is 0.00380. The largest absolute Gasteiger partial charge is 0.475 e. The van der Waals surface area contributed by atoms with Crippen molar-refractivity contribution in [2.75, 3.05) is 13.1 Å². The molecule has 7 nitrogen and oxygen atoms in total. The van der Waals surface area contributed by atoms with E-state index >= 15 is 0 Å². The molecule has 0 aliphatic carbocycles. The lowest BCUT2D eigenvalue weighted by Gasteiger charge is -2.46. The highest BCUT2D eigenvalue weighted by Gasteiger charge is 2.40. The quantitative estimate of drug-likeness (QED) is 0.881. The highest BCUT2D eigenvalue weighted by molar-refractivity contribution is 5.95. The van der Waals surface area contributed by atoms with Crippen LogP contribution >= 0.6 is 0 Å². The third-order valence-corrected chi connectivity index (χ3v) is 2.92. The monoisotopic (exact) mass is 282 g/mol. The zero-order valence-electron chi connectivity index (χ0n) is 12.0. The lowest BCUT2D eigenvalue weighted by Crippen LogP contribution is -2.58. The van der Waals surface area contributed by atoms with Gasteiger partial charge in [0.05, 0.1) is 11.2 Å². The van der Waals surface area contributed by atoms with E-state index in [0.29, 0.717) is 13.1 Å². The molecule has 7 heteroatoms. The number of carbonyl (C=O) groups is 2. The third kappa shape index (κ3) is 2.98. The number of amides is 1. The molecule has 0 unspecified atom stereocenters. The molecule has 0 aromatic carbocycles. The molecular weight excluding hydrogens is 264 g/mol. The van der Waals surface area contributed by atoms with Gasteiger partial charge in [0.1, 0.15) is 0 Å². The number of rotatable bonds is 2. The number of aromatic carboxylic acids is 1. The van der Waals surface area contributed by atoms with Crippen molar-refractivity contribution in [2.45, 2.75) is 38.9 Å². The first-order chi connectivity index (χ1) is 9.10. The first-order valence-electron chi connectivity index (χ1n) is 6.29. The van der Waals surface area contributed by atoms with E-state index in [9.17, 15) is 9.59 Å². The van der Waals surface area contributed by atoms with Gasteiger partial charge in [0.2, 0.25) is 5.76 Å². The predicted octanol–water partition coefficient (Wildman–Crippen LogP) is 1.40. The van der Waals surface area contributed by atoms with Crippen molar-refractivity contribution >= 4 is 11.9 Å². The summed E-state index contributed by atoms with van der Waals surface area (Å²) in [4.78, 5) is 24.7. The van der Waals surface area contributed by atoms with Gasteiger partial charge in [-0.25, -0.2) is 4.79 Å². The van der Waals surface area contributed by atoms with E-state index in [2.05, 4.69) is 9.68 Å². The molecule has 0 bridgehead atoms. The highest BCUT2D eigenvalue weighted by Crippen LogP contribution is 2.28. The smallest absolute Gasteiger partial charge is 0.374 e. The van der Waals surface area contributed by atoms with Crippen molar-refractivity contribution < 1.29 is 24.0 Å². The second kappa shape index (κ2) is 4.59. The first-order valence-corrected chi connectivity index (χ1v) is 6.29. The molecule has 1 aromatic heterocycles. The van der Waals surface area contributed by atoms with Crippen molar-refractivity contribution in [1.82, 2.24) is 10.1 Å². The molecule has 0 atom stereocenters. The summed E-state index contributed by atoms with van der Waals surface area (Å²) in [6.07, 6.45) is 0. The summed E-state index contributed by atoms with van der Waals surface area (Å²) in [5.41, 5.74) is -0.955. The molecule has 110 valence electrons. The second-order valence-corrected chi connectivity index (χ2v) is 6.16. The third-order valence-electron chi connectivity index (χ3n) is 2.92. The van der Waals surface area contributed by atoms with Crippen LogP contribution in [-0.2, 0) is 4.74 Å².